The first-order chi connectivity index (χ1) is 7.97. The summed E-state index contributed by atoms with van der Waals surface area (Å²) in [5.74, 6) is 8.02. The maximum Gasteiger partial charge on any atom is 0.0256 e. The molecule has 0 saturated heterocycles. The van der Waals surface area contributed by atoms with Crippen molar-refractivity contribution in [1.82, 2.24) is 0 Å². The monoisotopic (exact) mass is 234 g/mol. The van der Waals surface area contributed by atoms with Gasteiger partial charge < -0.3 is 0 Å². The largest absolute Gasteiger partial charge is 0.0999 e. The molecule has 0 aliphatic carbocycles. The highest BCUT2D eigenvalue weighted by atomic mass is 14.3. The number of hydrogen-bond donors (Lipinski definition) is 0. The van der Waals surface area contributed by atoms with Crippen LogP contribution in [0.3, 0.4) is 0 Å². The second-order valence-electron chi connectivity index (χ2n) is 5.64. The molecule has 0 rings (SSSR count). The molecular formula is C17H30. The maximum absolute atomic E-state index is 3.54. The first-order valence-corrected chi connectivity index (χ1v) is 7.10. The van der Waals surface area contributed by atoms with Crippen LogP contribution in [0.1, 0.15) is 67.2 Å². The molecule has 17 heavy (non-hydrogen) atoms. The quantitative estimate of drug-likeness (QED) is 0.424. The summed E-state index contributed by atoms with van der Waals surface area (Å²) in [5.41, 5.74) is 0.335. The van der Waals surface area contributed by atoms with Crippen molar-refractivity contribution in [2.45, 2.75) is 67.2 Å². The molecule has 0 aliphatic rings. The van der Waals surface area contributed by atoms with Gasteiger partial charge >= 0.3 is 0 Å². The van der Waals surface area contributed by atoms with Crippen molar-refractivity contribution in [2.24, 2.45) is 17.3 Å². The van der Waals surface area contributed by atoms with Gasteiger partial charge in [0, 0.05) is 11.8 Å². The molecule has 0 aromatic rings. The van der Waals surface area contributed by atoms with Crippen molar-refractivity contribution < 1.29 is 0 Å². The zero-order valence-corrected chi connectivity index (χ0v) is 12.6. The second-order valence-corrected chi connectivity index (χ2v) is 5.64. The molecule has 0 radical (unpaired) electrons. The zero-order valence-electron chi connectivity index (χ0n) is 12.6. The number of rotatable bonds is 6. The maximum atomic E-state index is 3.54. The minimum Gasteiger partial charge on any atom is -0.0999 e. The van der Waals surface area contributed by atoms with Crippen molar-refractivity contribution >= 4 is 0 Å². The van der Waals surface area contributed by atoms with Gasteiger partial charge in [-0.3, -0.25) is 0 Å². The third-order valence-corrected chi connectivity index (χ3v) is 3.83. The fourth-order valence-corrected chi connectivity index (χ4v) is 1.68. The summed E-state index contributed by atoms with van der Waals surface area (Å²) in [6.07, 6.45) is 9.08. The van der Waals surface area contributed by atoms with Crippen LogP contribution in [0, 0.1) is 29.1 Å². The Balaban J connectivity index is 4.65. The third-order valence-electron chi connectivity index (χ3n) is 3.83. The van der Waals surface area contributed by atoms with Crippen molar-refractivity contribution in [3.05, 3.63) is 12.2 Å². The molecule has 0 nitrogen and oxygen atoms in total. The molecule has 0 saturated carbocycles. The van der Waals surface area contributed by atoms with Gasteiger partial charge in [-0.1, -0.05) is 58.6 Å². The Morgan fingerprint density at radius 3 is 2.29 bits per heavy atom. The molecule has 0 spiro atoms. The van der Waals surface area contributed by atoms with Crippen LogP contribution < -0.4 is 0 Å². The Kier molecular flexibility index (Phi) is 8.05. The van der Waals surface area contributed by atoms with Crippen molar-refractivity contribution in [3.8, 4) is 11.8 Å². The lowest BCUT2D eigenvalue weighted by Crippen LogP contribution is -2.22. The van der Waals surface area contributed by atoms with E-state index >= 15 is 0 Å². The fraction of sp³-hybridized carbons (Fsp3) is 0.765. The van der Waals surface area contributed by atoms with Crippen molar-refractivity contribution in [3.63, 3.8) is 0 Å². The molecular weight excluding hydrogens is 204 g/mol. The van der Waals surface area contributed by atoms with E-state index in [0.717, 1.165) is 12.8 Å². The minimum atomic E-state index is 0.335. The molecule has 0 N–H and O–H groups in total. The third kappa shape index (κ3) is 6.57. The minimum absolute atomic E-state index is 0.335. The SMILES string of the molecule is CC=CCCC(C#CC(C)CC)C(C)(C)CC. The van der Waals surface area contributed by atoms with Gasteiger partial charge in [0.05, 0.1) is 0 Å². The topological polar surface area (TPSA) is 0 Å². The Bertz CT molecular complexity index is 272. The Hall–Kier alpha value is -0.700. The smallest absolute Gasteiger partial charge is 0.0256 e. The van der Waals surface area contributed by atoms with Gasteiger partial charge in [-0.2, -0.15) is 0 Å². The summed E-state index contributed by atoms with van der Waals surface area (Å²) in [5, 5.41) is 0. The van der Waals surface area contributed by atoms with E-state index in [1.54, 1.807) is 0 Å². The van der Waals surface area contributed by atoms with Crippen LogP contribution in [-0.2, 0) is 0 Å². The molecule has 0 amide bonds. The lowest BCUT2D eigenvalue weighted by Gasteiger charge is -2.29. The van der Waals surface area contributed by atoms with Crippen LogP contribution in [0.5, 0.6) is 0 Å². The average molecular weight is 234 g/mol. The Labute approximate surface area is 109 Å². The highest BCUT2D eigenvalue weighted by molar-refractivity contribution is 5.10. The summed E-state index contributed by atoms with van der Waals surface area (Å²) < 4.78 is 0. The van der Waals surface area contributed by atoms with E-state index in [1.165, 1.54) is 12.8 Å². The van der Waals surface area contributed by atoms with E-state index in [9.17, 15) is 0 Å². The molecule has 2 unspecified atom stereocenters. The lowest BCUT2D eigenvalue weighted by atomic mass is 9.74. The molecule has 0 heteroatoms. The zero-order chi connectivity index (χ0) is 13.3. The van der Waals surface area contributed by atoms with Crippen LogP contribution >= 0.6 is 0 Å². The van der Waals surface area contributed by atoms with E-state index in [4.69, 9.17) is 0 Å². The van der Waals surface area contributed by atoms with Crippen molar-refractivity contribution in [2.75, 3.05) is 0 Å². The van der Waals surface area contributed by atoms with Crippen LogP contribution in [0.15, 0.2) is 12.2 Å². The summed E-state index contributed by atoms with van der Waals surface area (Å²) >= 11 is 0. The first-order valence-electron chi connectivity index (χ1n) is 7.10. The predicted molar refractivity (Wildman–Crippen MR) is 78.8 cm³/mol. The van der Waals surface area contributed by atoms with Gasteiger partial charge in [-0.05, 0) is 38.0 Å². The van der Waals surface area contributed by atoms with Crippen LogP contribution in [0.2, 0.25) is 0 Å². The Morgan fingerprint density at radius 1 is 1.18 bits per heavy atom. The highest BCUT2D eigenvalue weighted by Crippen LogP contribution is 2.33. The van der Waals surface area contributed by atoms with Gasteiger partial charge in [-0.15, -0.1) is 0 Å². The van der Waals surface area contributed by atoms with E-state index < -0.39 is 0 Å². The molecule has 0 aromatic carbocycles. The molecule has 0 heterocycles. The predicted octanol–water partition coefficient (Wildman–Crippen LogP) is 5.44. The number of hydrogen-bond acceptors (Lipinski definition) is 0. The molecule has 2 atom stereocenters. The van der Waals surface area contributed by atoms with Gasteiger partial charge in [0.25, 0.3) is 0 Å². The van der Waals surface area contributed by atoms with E-state index in [-0.39, 0.29) is 0 Å². The Morgan fingerprint density at radius 2 is 1.82 bits per heavy atom. The normalized spacial score (nSPS) is 15.4. The molecule has 0 bridgehead atoms. The van der Waals surface area contributed by atoms with E-state index in [2.05, 4.69) is 65.5 Å². The van der Waals surface area contributed by atoms with Gasteiger partial charge in [0.15, 0.2) is 0 Å². The fourth-order valence-electron chi connectivity index (χ4n) is 1.68. The van der Waals surface area contributed by atoms with Gasteiger partial charge in [-0.25, -0.2) is 0 Å². The van der Waals surface area contributed by atoms with Gasteiger partial charge in [0.1, 0.15) is 0 Å². The summed E-state index contributed by atoms with van der Waals surface area (Å²) in [6, 6.07) is 0. The molecule has 0 aliphatic heterocycles. The van der Waals surface area contributed by atoms with E-state index in [0.29, 0.717) is 17.3 Å². The number of allylic oxidation sites excluding steroid dienone is 2. The van der Waals surface area contributed by atoms with Crippen LogP contribution in [0.25, 0.3) is 0 Å². The van der Waals surface area contributed by atoms with Crippen molar-refractivity contribution in [1.29, 1.82) is 0 Å². The second kappa shape index (κ2) is 8.40. The highest BCUT2D eigenvalue weighted by Gasteiger charge is 2.25. The molecule has 98 valence electrons. The lowest BCUT2D eigenvalue weighted by molar-refractivity contribution is 0.246. The summed E-state index contributed by atoms with van der Waals surface area (Å²) in [4.78, 5) is 0. The summed E-state index contributed by atoms with van der Waals surface area (Å²) in [6.45, 7) is 13.5. The van der Waals surface area contributed by atoms with Gasteiger partial charge in [0.2, 0.25) is 0 Å². The average Bonchev–Trinajstić information content (AvgIpc) is 2.32. The van der Waals surface area contributed by atoms with E-state index in [1.807, 2.05) is 0 Å². The van der Waals surface area contributed by atoms with Crippen LogP contribution in [0.4, 0.5) is 0 Å². The molecule has 0 fully saturated rings. The standard InChI is InChI=1S/C17H30/c1-7-10-11-12-16(17(5,6)9-3)14-13-15(4)8-2/h7,10,15-16H,8-9,11-12H2,1-6H3. The molecule has 0 aromatic heterocycles. The van der Waals surface area contributed by atoms with Crippen LogP contribution in [-0.4, -0.2) is 0 Å². The first kappa shape index (κ1) is 16.3. The summed E-state index contributed by atoms with van der Waals surface area (Å²) in [7, 11) is 0.